The largest absolute Gasteiger partial charge is 0.327 e. The van der Waals surface area contributed by atoms with Crippen molar-refractivity contribution in [2.75, 3.05) is 11.1 Å². The molecule has 0 aliphatic rings. The highest BCUT2D eigenvalue weighted by molar-refractivity contribution is 7.99. The van der Waals surface area contributed by atoms with Crippen molar-refractivity contribution in [3.8, 4) is 0 Å². The van der Waals surface area contributed by atoms with Gasteiger partial charge in [0.2, 0.25) is 11.1 Å². The van der Waals surface area contributed by atoms with E-state index in [1.54, 1.807) is 0 Å². The van der Waals surface area contributed by atoms with Gasteiger partial charge in [-0.25, -0.2) is 4.98 Å². The Kier molecular flexibility index (Phi) is 4.37. The molecule has 0 fully saturated rings. The van der Waals surface area contributed by atoms with Crippen LogP contribution in [0.3, 0.4) is 0 Å². The van der Waals surface area contributed by atoms with Crippen LogP contribution in [0.15, 0.2) is 71.9 Å². The molecule has 3 aromatic carbocycles. The van der Waals surface area contributed by atoms with E-state index >= 15 is 0 Å². The van der Waals surface area contributed by atoms with Crippen LogP contribution in [0, 0.1) is 0 Å². The van der Waals surface area contributed by atoms with Gasteiger partial charge in [-0.15, -0.1) is 10.2 Å². The number of aryl methyl sites for hydroxylation is 1. The highest BCUT2D eigenvalue weighted by Crippen LogP contribution is 2.26. The summed E-state index contributed by atoms with van der Waals surface area (Å²) in [5.74, 6) is 0.107. The van der Waals surface area contributed by atoms with E-state index in [2.05, 4.69) is 20.5 Å². The molecule has 7 heteroatoms. The minimum Gasteiger partial charge on any atom is -0.327 e. The maximum Gasteiger partial charge on any atom is 0.234 e. The van der Waals surface area contributed by atoms with Gasteiger partial charge >= 0.3 is 0 Å². The van der Waals surface area contributed by atoms with Gasteiger partial charge in [-0.05, 0) is 29.0 Å². The molecule has 2 aromatic heterocycles. The average molecular weight is 399 g/mol. The number of hydrogen-bond donors (Lipinski definition) is 1. The van der Waals surface area contributed by atoms with Gasteiger partial charge in [0.15, 0.2) is 5.65 Å². The number of para-hydroxylation sites is 1. The fourth-order valence-electron chi connectivity index (χ4n) is 3.45. The molecule has 0 bridgehead atoms. The molecule has 0 spiro atoms. The summed E-state index contributed by atoms with van der Waals surface area (Å²) >= 11 is 1.27. The summed E-state index contributed by atoms with van der Waals surface area (Å²) in [4.78, 5) is 17.0. The molecule has 142 valence electrons. The third-order valence-electron chi connectivity index (χ3n) is 4.85. The first-order valence-corrected chi connectivity index (χ1v) is 10.2. The molecule has 29 heavy (non-hydrogen) atoms. The summed E-state index contributed by atoms with van der Waals surface area (Å²) in [5.41, 5.74) is 3.37. The number of nitrogens with zero attached hydrogens (tertiary/aromatic N) is 4. The topological polar surface area (TPSA) is 72.7 Å². The maximum absolute atomic E-state index is 12.4. The van der Waals surface area contributed by atoms with Crippen molar-refractivity contribution >= 4 is 56.2 Å². The predicted molar refractivity (Wildman–Crippen MR) is 117 cm³/mol. The number of aromatic nitrogens is 4. The van der Waals surface area contributed by atoms with Crippen LogP contribution < -0.4 is 5.32 Å². The lowest BCUT2D eigenvalue weighted by Crippen LogP contribution is -2.14. The van der Waals surface area contributed by atoms with E-state index in [0.717, 1.165) is 38.5 Å². The Bertz CT molecular complexity index is 1380. The molecule has 6 nitrogen and oxygen atoms in total. The van der Waals surface area contributed by atoms with E-state index in [4.69, 9.17) is 0 Å². The Morgan fingerprint density at radius 1 is 1.00 bits per heavy atom. The molecular weight excluding hydrogens is 382 g/mol. The number of benzene rings is 3. The van der Waals surface area contributed by atoms with E-state index < -0.39 is 0 Å². The third-order valence-corrected chi connectivity index (χ3v) is 5.69. The van der Waals surface area contributed by atoms with Crippen LogP contribution in [0.5, 0.6) is 0 Å². The van der Waals surface area contributed by atoms with Crippen LogP contribution in [0.25, 0.3) is 32.8 Å². The molecule has 5 aromatic rings. The van der Waals surface area contributed by atoms with Crippen LogP contribution in [0.4, 0.5) is 5.69 Å². The Balaban J connectivity index is 1.32. The molecule has 1 amide bonds. The van der Waals surface area contributed by atoms with Crippen molar-refractivity contribution < 1.29 is 4.79 Å². The lowest BCUT2D eigenvalue weighted by molar-refractivity contribution is -0.113. The minimum atomic E-state index is -0.106. The van der Waals surface area contributed by atoms with E-state index in [0.29, 0.717) is 5.16 Å². The summed E-state index contributed by atoms with van der Waals surface area (Å²) in [6, 6.07) is 21.9. The van der Waals surface area contributed by atoms with Gasteiger partial charge < -0.3 is 9.88 Å². The second kappa shape index (κ2) is 7.18. The number of carbonyl (C=O) groups excluding carboxylic acids is 1. The summed E-state index contributed by atoms with van der Waals surface area (Å²) < 4.78 is 2.00. The number of carbonyl (C=O) groups is 1. The fraction of sp³-hybridized carbons (Fsp3) is 0.0909. The molecule has 0 saturated heterocycles. The van der Waals surface area contributed by atoms with Gasteiger partial charge in [-0.2, -0.15) is 0 Å². The summed E-state index contributed by atoms with van der Waals surface area (Å²) in [7, 11) is 1.96. The average Bonchev–Trinajstić information content (AvgIpc) is 3.04. The third kappa shape index (κ3) is 3.30. The smallest absolute Gasteiger partial charge is 0.234 e. The summed E-state index contributed by atoms with van der Waals surface area (Å²) in [6.45, 7) is 0. The lowest BCUT2D eigenvalue weighted by atomic mass is 10.1. The van der Waals surface area contributed by atoms with Gasteiger partial charge in [-0.1, -0.05) is 60.3 Å². The van der Waals surface area contributed by atoms with Crippen molar-refractivity contribution in [2.45, 2.75) is 5.16 Å². The molecule has 0 atom stereocenters. The molecule has 2 heterocycles. The van der Waals surface area contributed by atoms with E-state index in [9.17, 15) is 4.79 Å². The minimum absolute atomic E-state index is 0.106. The molecule has 1 N–H and O–H groups in total. The Morgan fingerprint density at radius 3 is 2.69 bits per heavy atom. The quantitative estimate of drug-likeness (QED) is 0.454. The Morgan fingerprint density at radius 2 is 1.79 bits per heavy atom. The first-order valence-electron chi connectivity index (χ1n) is 9.18. The van der Waals surface area contributed by atoms with Gasteiger partial charge in [0.05, 0.1) is 11.3 Å². The molecule has 0 radical (unpaired) electrons. The van der Waals surface area contributed by atoms with E-state index in [1.165, 1.54) is 11.8 Å². The number of nitrogens with one attached hydrogen (secondary N) is 1. The van der Waals surface area contributed by atoms with E-state index in [-0.39, 0.29) is 11.7 Å². The molecule has 0 unspecified atom stereocenters. The van der Waals surface area contributed by atoms with E-state index in [1.807, 2.05) is 78.3 Å². The van der Waals surface area contributed by atoms with Crippen LogP contribution in [0.1, 0.15) is 0 Å². The monoisotopic (exact) mass is 399 g/mol. The number of amides is 1. The van der Waals surface area contributed by atoms with Gasteiger partial charge in [0.25, 0.3) is 0 Å². The number of thioether (sulfide) groups is 1. The molecule has 5 rings (SSSR count). The van der Waals surface area contributed by atoms with Crippen molar-refractivity contribution in [2.24, 2.45) is 7.05 Å². The zero-order valence-electron chi connectivity index (χ0n) is 15.7. The van der Waals surface area contributed by atoms with Crippen molar-refractivity contribution in [1.29, 1.82) is 0 Å². The number of anilines is 1. The Hall–Kier alpha value is -3.45. The standard InChI is InChI=1S/C22H17N5OS/c1-27-18-9-5-4-8-17(18)20-21(27)24-22(26-25-20)29-13-19(28)23-16-11-10-14-6-2-3-7-15(14)12-16/h2-12H,13H2,1H3,(H,23,28). The van der Waals surface area contributed by atoms with Crippen LogP contribution >= 0.6 is 11.8 Å². The first-order chi connectivity index (χ1) is 14.2. The number of rotatable bonds is 4. The van der Waals surface area contributed by atoms with Crippen molar-refractivity contribution in [1.82, 2.24) is 19.7 Å². The lowest BCUT2D eigenvalue weighted by Gasteiger charge is -2.06. The highest BCUT2D eigenvalue weighted by Gasteiger charge is 2.13. The van der Waals surface area contributed by atoms with Crippen molar-refractivity contribution in [3.63, 3.8) is 0 Å². The van der Waals surface area contributed by atoms with Gasteiger partial charge in [0.1, 0.15) is 5.52 Å². The van der Waals surface area contributed by atoms with Gasteiger partial charge in [0, 0.05) is 18.1 Å². The van der Waals surface area contributed by atoms with Crippen molar-refractivity contribution in [3.05, 3.63) is 66.7 Å². The molecule has 0 aliphatic carbocycles. The first kappa shape index (κ1) is 17.6. The number of hydrogen-bond acceptors (Lipinski definition) is 5. The second-order valence-electron chi connectivity index (χ2n) is 6.74. The molecule has 0 aliphatic heterocycles. The Labute approximate surface area is 171 Å². The summed E-state index contributed by atoms with van der Waals surface area (Å²) in [5, 5.41) is 15.2. The van der Waals surface area contributed by atoms with Gasteiger partial charge in [-0.3, -0.25) is 4.79 Å². The predicted octanol–water partition coefficient (Wildman–Crippen LogP) is 4.40. The van der Waals surface area contributed by atoms with Crippen LogP contribution in [-0.2, 0) is 11.8 Å². The van der Waals surface area contributed by atoms with Crippen LogP contribution in [-0.4, -0.2) is 31.4 Å². The second-order valence-corrected chi connectivity index (χ2v) is 7.68. The normalized spacial score (nSPS) is 11.3. The highest BCUT2D eigenvalue weighted by atomic mass is 32.2. The summed E-state index contributed by atoms with van der Waals surface area (Å²) in [6.07, 6.45) is 0. The molecule has 0 saturated carbocycles. The maximum atomic E-state index is 12.4. The fourth-order valence-corrected chi connectivity index (χ4v) is 4.03. The number of fused-ring (bicyclic) bond motifs is 4. The molecular formula is C22H17N5OS. The van der Waals surface area contributed by atoms with Crippen LogP contribution in [0.2, 0.25) is 0 Å². The zero-order chi connectivity index (χ0) is 19.8. The zero-order valence-corrected chi connectivity index (χ0v) is 16.5. The SMILES string of the molecule is Cn1c2ccccc2c2nnc(SCC(=O)Nc3ccc4ccccc4c3)nc21.